The first-order valence-electron chi connectivity index (χ1n) is 12.3. The van der Waals surface area contributed by atoms with Gasteiger partial charge in [-0.2, -0.15) is 0 Å². The van der Waals surface area contributed by atoms with Gasteiger partial charge in [0.2, 0.25) is 0 Å². The monoisotopic (exact) mass is 554 g/mol. The molecule has 0 saturated heterocycles. The van der Waals surface area contributed by atoms with Crippen LogP contribution in [0.15, 0.2) is 0 Å². The van der Waals surface area contributed by atoms with Gasteiger partial charge in [0.1, 0.15) is 0 Å². The van der Waals surface area contributed by atoms with Gasteiger partial charge in [-0.3, -0.25) is 0 Å². The molecule has 0 aromatic carbocycles. The number of rotatable bonds is 13. The standard InChI is InChI=1S/C5H14OSi.2C4H10O2.C4H12OSi.C3H10OSi.C2H6O2/c1-5(2,3)7-6-4;3*1-3-5-6-4-2;1-3-4-5-2;1-3-4-2/h7H2,1-4H3;2*3-4H2,1-2H3;3-4,6H2,1-2H3;3,5H2,1-2H3;1-2H3. The second kappa shape index (κ2) is 54.3. The molecule has 216 valence electrons. The molecule has 0 saturated carbocycles. The molecule has 0 fully saturated rings. The first-order chi connectivity index (χ1) is 16.1. The van der Waals surface area contributed by atoms with Crippen molar-refractivity contribution >= 4 is 29.3 Å². The highest BCUT2D eigenvalue weighted by molar-refractivity contribution is 6.31. The maximum Gasteiger partial charge on any atom is 0.166 e. The van der Waals surface area contributed by atoms with Gasteiger partial charge in [0, 0.05) is 20.3 Å². The van der Waals surface area contributed by atoms with Crippen molar-refractivity contribution in [1.82, 2.24) is 0 Å². The molecule has 0 aliphatic heterocycles. The number of hydrogen-bond acceptors (Lipinski definition) is 9. The van der Waals surface area contributed by atoms with E-state index in [9.17, 15) is 0 Å². The van der Waals surface area contributed by atoms with Gasteiger partial charge in [-0.25, -0.2) is 29.3 Å². The highest BCUT2D eigenvalue weighted by Crippen LogP contribution is 2.19. The maximum absolute atomic E-state index is 5.12. The van der Waals surface area contributed by atoms with Gasteiger partial charge in [-0.1, -0.05) is 34.2 Å². The molecule has 0 amide bonds. The van der Waals surface area contributed by atoms with Crippen LogP contribution in [-0.4, -0.2) is 90.3 Å². The maximum atomic E-state index is 5.12. The summed E-state index contributed by atoms with van der Waals surface area (Å²) in [7, 11) is 4.30. The smallest absolute Gasteiger partial charge is 0.166 e. The van der Waals surface area contributed by atoms with Crippen molar-refractivity contribution < 1.29 is 42.6 Å². The Morgan fingerprint density at radius 1 is 0.559 bits per heavy atom. The van der Waals surface area contributed by atoms with Crippen molar-refractivity contribution in [1.29, 1.82) is 0 Å². The average molecular weight is 555 g/mol. The fourth-order valence-electron chi connectivity index (χ4n) is 1.26. The van der Waals surface area contributed by atoms with Crippen LogP contribution in [0.2, 0.25) is 17.6 Å². The summed E-state index contributed by atoms with van der Waals surface area (Å²) in [6.07, 6.45) is 0. The van der Waals surface area contributed by atoms with E-state index in [0.717, 1.165) is 13.2 Å². The van der Waals surface area contributed by atoms with Gasteiger partial charge in [0.15, 0.2) is 29.3 Å². The normalized spacial score (nSPS) is 10.4. The van der Waals surface area contributed by atoms with Crippen LogP contribution in [0.1, 0.15) is 69.2 Å². The second-order valence-corrected chi connectivity index (χ2v) is 12.7. The molecule has 0 rings (SSSR count). The first-order valence-corrected chi connectivity index (χ1v) is 17.2. The highest BCUT2D eigenvalue weighted by Gasteiger charge is 2.08. The molecular weight excluding hydrogens is 492 g/mol. The molecule has 0 radical (unpaired) electrons. The molecule has 12 heteroatoms. The van der Waals surface area contributed by atoms with Gasteiger partial charge in [0.05, 0.1) is 40.6 Å². The molecule has 0 aliphatic carbocycles. The Labute approximate surface area is 219 Å². The predicted molar refractivity (Wildman–Crippen MR) is 152 cm³/mol. The molecule has 9 nitrogen and oxygen atoms in total. The summed E-state index contributed by atoms with van der Waals surface area (Å²) in [5.41, 5.74) is 0. The lowest BCUT2D eigenvalue weighted by molar-refractivity contribution is -0.287. The topological polar surface area (TPSA) is 83.1 Å². The van der Waals surface area contributed by atoms with Gasteiger partial charge in [0.25, 0.3) is 0 Å². The van der Waals surface area contributed by atoms with Crippen LogP contribution in [0, 0.1) is 0 Å². The molecule has 34 heavy (non-hydrogen) atoms. The lowest BCUT2D eigenvalue weighted by atomic mass is 10.3. The van der Waals surface area contributed by atoms with E-state index in [1.165, 1.54) is 20.3 Å². The molecule has 0 N–H and O–H groups in total. The van der Waals surface area contributed by atoms with E-state index >= 15 is 0 Å². The summed E-state index contributed by atoms with van der Waals surface area (Å²) in [4.78, 5) is 26.0. The minimum Gasteiger partial charge on any atom is -0.427 e. The molecule has 0 bridgehead atoms. The van der Waals surface area contributed by atoms with Crippen LogP contribution in [0.25, 0.3) is 0 Å². The zero-order valence-corrected chi connectivity index (χ0v) is 29.5. The Balaban J connectivity index is -0.0000000697. The zero-order chi connectivity index (χ0) is 27.9. The van der Waals surface area contributed by atoms with Crippen LogP contribution in [0.5, 0.6) is 0 Å². The molecule has 0 heterocycles. The van der Waals surface area contributed by atoms with Gasteiger partial charge >= 0.3 is 0 Å². The lowest BCUT2D eigenvalue weighted by Crippen LogP contribution is -2.09. The quantitative estimate of drug-likeness (QED) is 0.146. The minimum atomic E-state index is -0.240. The fraction of sp³-hybridized carbons (Fsp3) is 1.00. The predicted octanol–water partition coefficient (Wildman–Crippen LogP) is 3.78. The Kier molecular flexibility index (Phi) is 75.8. The van der Waals surface area contributed by atoms with Crippen molar-refractivity contribution in [3.63, 3.8) is 0 Å². The van der Waals surface area contributed by atoms with Crippen LogP contribution >= 0.6 is 0 Å². The van der Waals surface area contributed by atoms with Crippen LogP contribution in [0.4, 0.5) is 0 Å². The molecule has 0 aromatic heterocycles. The SMILES string of the molecule is CCOOCC.CCOOCC.CCO[SiH2]C.CCO[SiH2]CC.COOC.CO[SiH2]C(C)(C)C. The summed E-state index contributed by atoms with van der Waals surface area (Å²) in [5, 5.41) is 0.467. The Bertz CT molecular complexity index is 229. The third-order valence-electron chi connectivity index (χ3n) is 2.34. The number of hydrogen-bond donors (Lipinski definition) is 0. The van der Waals surface area contributed by atoms with Gasteiger partial charge < -0.3 is 13.3 Å². The third-order valence-corrected chi connectivity index (χ3v) is 5.42. The lowest BCUT2D eigenvalue weighted by Gasteiger charge is -2.14. The Hall–Kier alpha value is 0.291. The van der Waals surface area contributed by atoms with E-state index < -0.39 is 0 Å². The highest BCUT2D eigenvalue weighted by atomic mass is 28.2. The van der Waals surface area contributed by atoms with E-state index in [4.69, 9.17) is 13.3 Å². The largest absolute Gasteiger partial charge is 0.427 e. The molecule has 0 atom stereocenters. The fourth-order valence-corrected chi connectivity index (χ4v) is 3.11. The van der Waals surface area contributed by atoms with Gasteiger partial charge in [-0.15, -0.1) is 0 Å². The Morgan fingerprint density at radius 3 is 0.971 bits per heavy atom. The second-order valence-electron chi connectivity index (χ2n) is 6.93. The third kappa shape index (κ3) is 119. The van der Waals surface area contributed by atoms with E-state index in [2.05, 4.69) is 63.6 Å². The summed E-state index contributed by atoms with van der Waals surface area (Å²) < 4.78 is 15.1. The molecule has 0 spiro atoms. The summed E-state index contributed by atoms with van der Waals surface area (Å²) >= 11 is 0. The van der Waals surface area contributed by atoms with Crippen molar-refractivity contribution in [3.8, 4) is 0 Å². The van der Waals surface area contributed by atoms with Crippen molar-refractivity contribution in [2.24, 2.45) is 0 Å². The Morgan fingerprint density at radius 2 is 0.912 bits per heavy atom. The average Bonchev–Trinajstić information content (AvgIpc) is 2.81. The minimum absolute atomic E-state index is 0.0783. The summed E-state index contributed by atoms with van der Waals surface area (Å²) in [6.45, 7) is 26.9. The first kappa shape index (κ1) is 47.5. The van der Waals surface area contributed by atoms with Gasteiger partial charge in [-0.05, 0) is 52.6 Å². The van der Waals surface area contributed by atoms with Crippen molar-refractivity contribution in [2.75, 3.05) is 61.0 Å². The van der Waals surface area contributed by atoms with E-state index in [1.54, 1.807) is 7.11 Å². The van der Waals surface area contributed by atoms with Crippen molar-refractivity contribution in [2.45, 2.75) is 86.9 Å². The van der Waals surface area contributed by atoms with Crippen LogP contribution < -0.4 is 0 Å². The molecule has 0 aromatic rings. The van der Waals surface area contributed by atoms with E-state index in [1.807, 2.05) is 41.5 Å². The molecule has 0 aliphatic rings. The summed E-state index contributed by atoms with van der Waals surface area (Å²) in [5.74, 6) is 0. The van der Waals surface area contributed by atoms with Crippen LogP contribution in [0.3, 0.4) is 0 Å². The molecule has 0 unspecified atom stereocenters. The molecular formula is C22H62O9Si3. The summed E-state index contributed by atoms with van der Waals surface area (Å²) in [6, 6.07) is 1.27. The van der Waals surface area contributed by atoms with E-state index in [0.29, 0.717) is 31.5 Å². The van der Waals surface area contributed by atoms with Crippen LogP contribution in [-0.2, 0) is 42.6 Å². The van der Waals surface area contributed by atoms with Crippen molar-refractivity contribution in [3.05, 3.63) is 0 Å². The van der Waals surface area contributed by atoms with E-state index in [-0.39, 0.29) is 29.3 Å². The zero-order valence-electron chi connectivity index (χ0n) is 25.2.